The van der Waals surface area contributed by atoms with E-state index in [4.69, 9.17) is 27.9 Å². The summed E-state index contributed by atoms with van der Waals surface area (Å²) in [6, 6.07) is 12.7. The zero-order valence-corrected chi connectivity index (χ0v) is 17.3. The minimum Gasteiger partial charge on any atom is -0.497 e. The van der Waals surface area contributed by atoms with Gasteiger partial charge in [-0.3, -0.25) is 14.5 Å². The molecule has 0 saturated carbocycles. The molecule has 0 fully saturated rings. The van der Waals surface area contributed by atoms with E-state index in [0.29, 0.717) is 28.7 Å². The number of amides is 2. The van der Waals surface area contributed by atoms with Gasteiger partial charge in [-0.05, 0) is 43.3 Å². The molecule has 0 spiro atoms. The molecule has 0 unspecified atom stereocenters. The van der Waals surface area contributed by atoms with Gasteiger partial charge in [-0.2, -0.15) is 0 Å². The average Bonchev–Trinajstić information content (AvgIpc) is 2.65. The number of nitrogens with zero attached hydrogens (tertiary/aromatic N) is 1. The minimum absolute atomic E-state index is 0.0352. The number of ether oxygens (including phenoxy) is 1. The Balaban J connectivity index is 1.71. The van der Waals surface area contributed by atoms with E-state index >= 15 is 0 Å². The summed E-state index contributed by atoms with van der Waals surface area (Å²) in [6.07, 6.45) is 0.713. The van der Waals surface area contributed by atoms with Crippen LogP contribution in [0.1, 0.15) is 5.56 Å². The van der Waals surface area contributed by atoms with Gasteiger partial charge in [-0.15, -0.1) is 0 Å². The van der Waals surface area contributed by atoms with Crippen molar-refractivity contribution in [1.82, 2.24) is 10.2 Å². The highest BCUT2D eigenvalue weighted by atomic mass is 35.5. The second kappa shape index (κ2) is 10.9. The first-order chi connectivity index (χ1) is 13.4. The summed E-state index contributed by atoms with van der Waals surface area (Å²) in [4.78, 5) is 25.8. The smallest absolute Gasteiger partial charge is 0.238 e. The molecule has 0 aliphatic carbocycles. The van der Waals surface area contributed by atoms with Crippen molar-refractivity contribution < 1.29 is 14.3 Å². The van der Waals surface area contributed by atoms with Crippen LogP contribution in [0.3, 0.4) is 0 Å². The summed E-state index contributed by atoms with van der Waals surface area (Å²) in [7, 11) is 3.31. The fourth-order valence-electron chi connectivity index (χ4n) is 2.54. The van der Waals surface area contributed by atoms with E-state index in [1.54, 1.807) is 37.3 Å². The van der Waals surface area contributed by atoms with Crippen molar-refractivity contribution in [2.24, 2.45) is 0 Å². The van der Waals surface area contributed by atoms with Crippen molar-refractivity contribution in [2.75, 3.05) is 39.1 Å². The molecule has 2 amide bonds. The van der Waals surface area contributed by atoms with Crippen molar-refractivity contribution in [2.45, 2.75) is 6.42 Å². The number of anilines is 1. The highest BCUT2D eigenvalue weighted by molar-refractivity contribution is 6.39. The van der Waals surface area contributed by atoms with Crippen molar-refractivity contribution >= 4 is 40.7 Å². The van der Waals surface area contributed by atoms with Crippen LogP contribution in [0.15, 0.2) is 42.5 Å². The Bertz CT molecular complexity index is 793. The molecular weight excluding hydrogens is 401 g/mol. The molecule has 2 N–H and O–H groups in total. The SMILES string of the molecule is COc1ccc(CCNC(=O)CN(C)CC(=O)Nc2c(Cl)cccc2Cl)cc1. The molecule has 0 saturated heterocycles. The standard InChI is InChI=1S/C20H23Cl2N3O3/c1-25(13-19(27)24-20-16(21)4-3-5-17(20)22)12-18(26)23-11-10-14-6-8-15(28-2)9-7-14/h3-9H,10-13H2,1-2H3,(H,23,26)(H,24,27). The summed E-state index contributed by atoms with van der Waals surface area (Å²) >= 11 is 12.1. The van der Waals surface area contributed by atoms with Crippen LogP contribution in [-0.4, -0.2) is 50.5 Å². The minimum atomic E-state index is -0.302. The monoisotopic (exact) mass is 423 g/mol. The van der Waals surface area contributed by atoms with Crippen LogP contribution in [-0.2, 0) is 16.0 Å². The van der Waals surface area contributed by atoms with E-state index < -0.39 is 0 Å². The normalized spacial score (nSPS) is 10.6. The van der Waals surface area contributed by atoms with E-state index in [1.165, 1.54) is 0 Å². The highest BCUT2D eigenvalue weighted by Crippen LogP contribution is 2.29. The van der Waals surface area contributed by atoms with E-state index in [-0.39, 0.29) is 24.9 Å². The molecule has 6 nitrogen and oxygen atoms in total. The predicted octanol–water partition coefficient (Wildman–Crippen LogP) is 3.23. The molecule has 0 aromatic heterocycles. The zero-order chi connectivity index (χ0) is 20.5. The lowest BCUT2D eigenvalue weighted by atomic mass is 10.1. The molecule has 2 aromatic rings. The number of nitrogens with one attached hydrogen (secondary N) is 2. The quantitative estimate of drug-likeness (QED) is 0.649. The number of halogens is 2. The van der Waals surface area contributed by atoms with Gasteiger partial charge in [0.15, 0.2) is 0 Å². The Morgan fingerprint density at radius 3 is 2.21 bits per heavy atom. The molecule has 150 valence electrons. The van der Waals surface area contributed by atoms with Crippen molar-refractivity contribution in [3.8, 4) is 5.75 Å². The lowest BCUT2D eigenvalue weighted by Gasteiger charge is -2.17. The summed E-state index contributed by atoms with van der Waals surface area (Å²) in [6.45, 7) is 0.653. The van der Waals surface area contributed by atoms with E-state index in [0.717, 1.165) is 11.3 Å². The zero-order valence-electron chi connectivity index (χ0n) is 15.8. The number of hydrogen-bond acceptors (Lipinski definition) is 4. The topological polar surface area (TPSA) is 70.7 Å². The summed E-state index contributed by atoms with van der Waals surface area (Å²) in [5, 5.41) is 6.24. The van der Waals surface area contributed by atoms with Crippen LogP contribution < -0.4 is 15.4 Å². The third-order valence-corrected chi connectivity index (χ3v) is 4.58. The van der Waals surface area contributed by atoms with Crippen LogP contribution >= 0.6 is 23.2 Å². The van der Waals surface area contributed by atoms with E-state index in [9.17, 15) is 9.59 Å². The number of methoxy groups -OCH3 is 1. The summed E-state index contributed by atoms with van der Waals surface area (Å²) in [5.41, 5.74) is 1.47. The Hall–Kier alpha value is -2.28. The first kappa shape index (κ1) is 22.0. The molecule has 2 aromatic carbocycles. The maximum atomic E-state index is 12.1. The second-order valence-corrected chi connectivity index (χ2v) is 7.08. The molecule has 0 radical (unpaired) electrons. The number of likely N-dealkylation sites (N-methyl/N-ethyl adjacent to an activating group) is 1. The number of rotatable bonds is 9. The van der Waals surface area contributed by atoms with Gasteiger partial charge in [0.25, 0.3) is 0 Å². The highest BCUT2D eigenvalue weighted by Gasteiger charge is 2.13. The van der Waals surface area contributed by atoms with Crippen LogP contribution in [0, 0.1) is 0 Å². The number of carbonyl (C=O) groups excluding carboxylic acids is 2. The van der Waals surface area contributed by atoms with Gasteiger partial charge in [0.2, 0.25) is 11.8 Å². The third-order valence-electron chi connectivity index (χ3n) is 3.95. The third kappa shape index (κ3) is 7.03. The number of hydrogen-bond donors (Lipinski definition) is 2. The number of para-hydroxylation sites is 1. The molecule has 2 rings (SSSR count). The second-order valence-electron chi connectivity index (χ2n) is 6.27. The molecule has 8 heteroatoms. The largest absolute Gasteiger partial charge is 0.497 e. The fourth-order valence-corrected chi connectivity index (χ4v) is 3.03. The number of carbonyl (C=O) groups is 2. The average molecular weight is 424 g/mol. The lowest BCUT2D eigenvalue weighted by Crippen LogP contribution is -2.39. The fraction of sp³-hybridized carbons (Fsp3) is 0.300. The lowest BCUT2D eigenvalue weighted by molar-refractivity contribution is -0.122. The van der Waals surface area contributed by atoms with Crippen LogP contribution in [0.5, 0.6) is 5.75 Å². The molecular formula is C20H23Cl2N3O3. The van der Waals surface area contributed by atoms with Crippen LogP contribution in [0.2, 0.25) is 10.0 Å². The predicted molar refractivity (Wildman–Crippen MR) is 112 cm³/mol. The maximum absolute atomic E-state index is 12.1. The Labute approximate surface area is 174 Å². The number of benzene rings is 2. The Kier molecular flexibility index (Phi) is 8.57. The Morgan fingerprint density at radius 1 is 1.00 bits per heavy atom. The van der Waals surface area contributed by atoms with Gasteiger partial charge in [-0.25, -0.2) is 0 Å². The molecule has 0 aliphatic heterocycles. The van der Waals surface area contributed by atoms with E-state index in [1.807, 2.05) is 24.3 Å². The summed E-state index contributed by atoms with van der Waals surface area (Å²) < 4.78 is 5.12. The van der Waals surface area contributed by atoms with Crippen LogP contribution in [0.25, 0.3) is 0 Å². The van der Waals surface area contributed by atoms with Gasteiger partial charge >= 0.3 is 0 Å². The van der Waals surface area contributed by atoms with Gasteiger partial charge in [0, 0.05) is 6.54 Å². The van der Waals surface area contributed by atoms with Gasteiger partial charge in [0.1, 0.15) is 5.75 Å². The van der Waals surface area contributed by atoms with Gasteiger partial charge in [0.05, 0.1) is 35.9 Å². The van der Waals surface area contributed by atoms with E-state index in [2.05, 4.69) is 10.6 Å². The molecule has 28 heavy (non-hydrogen) atoms. The van der Waals surface area contributed by atoms with Crippen molar-refractivity contribution in [1.29, 1.82) is 0 Å². The molecule has 0 bridgehead atoms. The molecule has 0 heterocycles. The Morgan fingerprint density at radius 2 is 1.61 bits per heavy atom. The van der Waals surface area contributed by atoms with Gasteiger partial charge in [-0.1, -0.05) is 41.4 Å². The maximum Gasteiger partial charge on any atom is 0.238 e. The first-order valence-electron chi connectivity index (χ1n) is 8.71. The molecule has 0 atom stereocenters. The summed E-state index contributed by atoms with van der Waals surface area (Å²) in [5.74, 6) is 0.342. The van der Waals surface area contributed by atoms with Crippen molar-refractivity contribution in [3.05, 3.63) is 58.1 Å². The van der Waals surface area contributed by atoms with Gasteiger partial charge < -0.3 is 15.4 Å². The molecule has 0 aliphatic rings. The first-order valence-corrected chi connectivity index (χ1v) is 9.46. The van der Waals surface area contributed by atoms with Crippen LogP contribution in [0.4, 0.5) is 5.69 Å². The van der Waals surface area contributed by atoms with Crippen molar-refractivity contribution in [3.63, 3.8) is 0 Å².